The molecule has 0 radical (unpaired) electrons. The van der Waals surface area contributed by atoms with Gasteiger partial charge >= 0.3 is 0 Å². The van der Waals surface area contributed by atoms with Crippen LogP contribution in [0.5, 0.6) is 0 Å². The van der Waals surface area contributed by atoms with Gasteiger partial charge < -0.3 is 4.74 Å². The lowest BCUT2D eigenvalue weighted by Gasteiger charge is -2.40. The molecule has 1 saturated heterocycles. The van der Waals surface area contributed by atoms with E-state index in [0.29, 0.717) is 5.92 Å². The number of ether oxygens (including phenoxy) is 1. The van der Waals surface area contributed by atoms with Crippen molar-refractivity contribution in [2.45, 2.75) is 59.2 Å². The van der Waals surface area contributed by atoms with Crippen molar-refractivity contribution in [1.82, 2.24) is 19.9 Å². The van der Waals surface area contributed by atoms with Crippen molar-refractivity contribution in [3.63, 3.8) is 0 Å². The maximum Gasteiger partial charge on any atom is 0.100 e. The molecule has 6 heteroatoms. The first-order valence-corrected chi connectivity index (χ1v) is 8.95. The molecule has 132 valence electrons. The summed E-state index contributed by atoms with van der Waals surface area (Å²) in [6.45, 7) is 16.0. The van der Waals surface area contributed by atoms with Crippen LogP contribution in [-0.2, 0) is 17.8 Å². The molecule has 0 aromatic carbocycles. The molecule has 1 aromatic rings. The number of hydrogen-bond acceptors (Lipinski definition) is 5. The van der Waals surface area contributed by atoms with E-state index < -0.39 is 0 Å². The summed E-state index contributed by atoms with van der Waals surface area (Å²) in [7, 11) is 1.74. The SMILES string of the molecule is C=C(S)C1(OC)CCN(Cc2cn(CC(C)C)nn2)CC1.CC. The highest BCUT2D eigenvalue weighted by molar-refractivity contribution is 7.84. The van der Waals surface area contributed by atoms with Crippen LogP contribution in [0.2, 0.25) is 0 Å². The monoisotopic (exact) mass is 340 g/mol. The van der Waals surface area contributed by atoms with Crippen LogP contribution >= 0.6 is 12.6 Å². The minimum Gasteiger partial charge on any atom is -0.373 e. The summed E-state index contributed by atoms with van der Waals surface area (Å²) >= 11 is 4.41. The number of methoxy groups -OCH3 is 1. The van der Waals surface area contributed by atoms with Crippen LogP contribution in [0, 0.1) is 5.92 Å². The molecule has 0 unspecified atom stereocenters. The van der Waals surface area contributed by atoms with Crippen LogP contribution in [0.1, 0.15) is 46.2 Å². The van der Waals surface area contributed by atoms with Crippen molar-refractivity contribution < 1.29 is 4.74 Å². The van der Waals surface area contributed by atoms with E-state index in [-0.39, 0.29) is 5.60 Å². The molecule has 23 heavy (non-hydrogen) atoms. The zero-order valence-corrected chi connectivity index (χ0v) is 16.1. The number of rotatable bonds is 6. The number of piperidine rings is 1. The van der Waals surface area contributed by atoms with Gasteiger partial charge in [0.2, 0.25) is 0 Å². The Morgan fingerprint density at radius 3 is 2.48 bits per heavy atom. The van der Waals surface area contributed by atoms with E-state index in [0.717, 1.165) is 49.6 Å². The lowest BCUT2D eigenvalue weighted by molar-refractivity contribution is -0.0241. The minimum atomic E-state index is -0.269. The average molecular weight is 341 g/mol. The first kappa shape index (κ1) is 20.2. The summed E-state index contributed by atoms with van der Waals surface area (Å²) in [5.74, 6) is 0.582. The Labute approximate surface area is 146 Å². The van der Waals surface area contributed by atoms with Gasteiger partial charge in [-0.3, -0.25) is 9.58 Å². The molecule has 2 heterocycles. The van der Waals surface area contributed by atoms with Crippen molar-refractivity contribution in [3.05, 3.63) is 23.4 Å². The molecule has 0 saturated carbocycles. The van der Waals surface area contributed by atoms with Crippen molar-refractivity contribution in [2.24, 2.45) is 5.92 Å². The molecule has 0 aliphatic carbocycles. The molecule has 5 nitrogen and oxygen atoms in total. The zero-order chi connectivity index (χ0) is 17.5. The predicted octanol–water partition coefficient (Wildman–Crippen LogP) is 3.38. The van der Waals surface area contributed by atoms with Gasteiger partial charge in [0.15, 0.2) is 0 Å². The molecule has 1 aliphatic rings. The lowest BCUT2D eigenvalue weighted by atomic mass is 9.91. The first-order chi connectivity index (χ1) is 10.9. The van der Waals surface area contributed by atoms with E-state index in [1.54, 1.807) is 7.11 Å². The summed E-state index contributed by atoms with van der Waals surface area (Å²) in [5.41, 5.74) is 0.764. The second kappa shape index (κ2) is 9.45. The number of aromatic nitrogens is 3. The molecular formula is C17H32N4OS. The van der Waals surface area contributed by atoms with Crippen molar-refractivity contribution in [3.8, 4) is 0 Å². The van der Waals surface area contributed by atoms with E-state index in [4.69, 9.17) is 4.74 Å². The van der Waals surface area contributed by atoms with Crippen LogP contribution in [0.15, 0.2) is 17.7 Å². The van der Waals surface area contributed by atoms with Gasteiger partial charge in [-0.1, -0.05) is 39.5 Å². The maximum atomic E-state index is 5.65. The number of thiol groups is 1. The third-order valence-electron chi connectivity index (χ3n) is 4.10. The topological polar surface area (TPSA) is 43.2 Å². The summed E-state index contributed by atoms with van der Waals surface area (Å²) in [5, 5.41) is 8.45. The van der Waals surface area contributed by atoms with Crippen LogP contribution in [0.25, 0.3) is 0 Å². The lowest BCUT2D eigenvalue weighted by Crippen LogP contribution is -2.45. The Morgan fingerprint density at radius 2 is 2.00 bits per heavy atom. The van der Waals surface area contributed by atoms with Gasteiger partial charge in [0.1, 0.15) is 5.60 Å². The van der Waals surface area contributed by atoms with E-state index in [9.17, 15) is 0 Å². The maximum absolute atomic E-state index is 5.65. The third kappa shape index (κ3) is 5.62. The Hall–Kier alpha value is -0.850. The quantitative estimate of drug-likeness (QED) is 0.806. The molecule has 2 rings (SSSR count). The highest BCUT2D eigenvalue weighted by atomic mass is 32.1. The second-order valence-electron chi connectivity index (χ2n) is 6.25. The van der Waals surface area contributed by atoms with Gasteiger partial charge in [-0.2, -0.15) is 0 Å². The van der Waals surface area contributed by atoms with Crippen LogP contribution < -0.4 is 0 Å². The molecule has 0 spiro atoms. The largest absolute Gasteiger partial charge is 0.373 e. The molecule has 0 bridgehead atoms. The average Bonchev–Trinajstić information content (AvgIpc) is 2.96. The van der Waals surface area contributed by atoms with E-state index in [2.05, 4.69) is 54.5 Å². The molecule has 1 fully saturated rings. The number of nitrogens with zero attached hydrogens (tertiary/aromatic N) is 4. The van der Waals surface area contributed by atoms with Crippen LogP contribution in [-0.4, -0.2) is 45.7 Å². The van der Waals surface area contributed by atoms with Gasteiger partial charge in [-0.25, -0.2) is 0 Å². The Morgan fingerprint density at radius 1 is 1.39 bits per heavy atom. The Bertz CT molecular complexity index is 479. The van der Waals surface area contributed by atoms with Gasteiger partial charge in [-0.15, -0.1) is 17.7 Å². The molecule has 0 N–H and O–H groups in total. The highest BCUT2D eigenvalue weighted by Gasteiger charge is 2.36. The fourth-order valence-corrected chi connectivity index (χ4v) is 3.10. The smallest absolute Gasteiger partial charge is 0.100 e. The summed E-state index contributed by atoms with van der Waals surface area (Å²) < 4.78 is 7.58. The molecule has 1 aromatic heterocycles. The van der Waals surface area contributed by atoms with Crippen LogP contribution in [0.3, 0.4) is 0 Å². The fraction of sp³-hybridized carbons (Fsp3) is 0.765. The second-order valence-corrected chi connectivity index (χ2v) is 6.79. The van der Waals surface area contributed by atoms with E-state index >= 15 is 0 Å². The zero-order valence-electron chi connectivity index (χ0n) is 15.2. The normalized spacial score (nSPS) is 17.7. The van der Waals surface area contributed by atoms with E-state index in [1.165, 1.54) is 0 Å². The molecule has 0 amide bonds. The predicted molar refractivity (Wildman–Crippen MR) is 98.6 cm³/mol. The van der Waals surface area contributed by atoms with Crippen molar-refractivity contribution >= 4 is 12.6 Å². The number of likely N-dealkylation sites (tertiary alicyclic amines) is 1. The highest BCUT2D eigenvalue weighted by Crippen LogP contribution is 2.34. The van der Waals surface area contributed by atoms with E-state index in [1.807, 2.05) is 18.5 Å². The Kier molecular flexibility index (Phi) is 8.29. The third-order valence-corrected chi connectivity index (χ3v) is 4.51. The molecular weight excluding hydrogens is 308 g/mol. The van der Waals surface area contributed by atoms with Crippen molar-refractivity contribution in [2.75, 3.05) is 20.2 Å². The number of hydrogen-bond donors (Lipinski definition) is 1. The van der Waals surface area contributed by atoms with Gasteiger partial charge in [0.25, 0.3) is 0 Å². The summed E-state index contributed by atoms with van der Waals surface area (Å²) in [6.07, 6.45) is 3.90. The van der Waals surface area contributed by atoms with Crippen molar-refractivity contribution in [1.29, 1.82) is 0 Å². The first-order valence-electron chi connectivity index (χ1n) is 8.50. The van der Waals surface area contributed by atoms with Gasteiger partial charge in [-0.05, 0) is 18.8 Å². The molecule has 1 aliphatic heterocycles. The molecule has 0 atom stereocenters. The minimum absolute atomic E-state index is 0.269. The Balaban J connectivity index is 0.00000127. The van der Waals surface area contributed by atoms with Crippen LogP contribution in [0.4, 0.5) is 0 Å². The van der Waals surface area contributed by atoms with Gasteiger partial charge in [0, 0.05) is 44.4 Å². The standard InChI is InChI=1S/C15H26N4OS.C2H6/c1-12(2)9-19-11-14(16-17-19)10-18-7-5-15(20-4,6-8-18)13(3)21;1-2/h11-12,21H,3,5-10H2,1-2,4H3;1-2H3. The van der Waals surface area contributed by atoms with Gasteiger partial charge in [0.05, 0.1) is 5.69 Å². The summed E-state index contributed by atoms with van der Waals surface area (Å²) in [4.78, 5) is 3.21. The fourth-order valence-electron chi connectivity index (χ4n) is 2.79. The summed E-state index contributed by atoms with van der Waals surface area (Å²) in [6, 6.07) is 0.